The molecule has 0 aliphatic carbocycles. The predicted octanol–water partition coefficient (Wildman–Crippen LogP) is 2.03. The number of hydrogen-bond acceptors (Lipinski definition) is 4. The zero-order valence-corrected chi connectivity index (χ0v) is 10.2. The molecule has 1 heterocycles. The second kappa shape index (κ2) is 4.34. The number of esters is 1. The molecular weight excluding hydrogens is 276 g/mol. The Hall–Kier alpha value is -0.200. The molecule has 0 saturated carbocycles. The highest BCUT2D eigenvalue weighted by atomic mass is 79.9. The summed E-state index contributed by atoms with van der Waals surface area (Å²) >= 11 is 4.40. The van der Waals surface area contributed by atoms with E-state index in [1.54, 1.807) is 12.3 Å². The van der Waals surface area contributed by atoms with Gasteiger partial charge in [-0.2, -0.15) is 0 Å². The molecule has 1 aromatic heterocycles. The van der Waals surface area contributed by atoms with Gasteiger partial charge in [-0.15, -0.1) is 11.3 Å². The first kappa shape index (κ1) is 10.9. The summed E-state index contributed by atoms with van der Waals surface area (Å²) in [6.07, 6.45) is 1.57. The van der Waals surface area contributed by atoms with Crippen molar-refractivity contribution in [3.05, 3.63) is 15.4 Å². The summed E-state index contributed by atoms with van der Waals surface area (Å²) in [5.41, 5.74) is 0. The summed E-state index contributed by atoms with van der Waals surface area (Å²) in [6, 6.07) is 1.62. The maximum Gasteiger partial charge on any atom is 0.348 e. The zero-order chi connectivity index (χ0) is 10.0. The van der Waals surface area contributed by atoms with E-state index in [0.717, 1.165) is 0 Å². The SMILES string of the molecule is COC(=O)c1cc(Br)c(S(C)=O)s1. The topological polar surface area (TPSA) is 43.4 Å². The van der Waals surface area contributed by atoms with Crippen LogP contribution < -0.4 is 0 Å². The van der Waals surface area contributed by atoms with Crippen molar-refractivity contribution in [2.45, 2.75) is 4.21 Å². The predicted molar refractivity (Wildman–Crippen MR) is 55.7 cm³/mol. The van der Waals surface area contributed by atoms with Crippen molar-refractivity contribution in [3.63, 3.8) is 0 Å². The largest absolute Gasteiger partial charge is 0.465 e. The lowest BCUT2D eigenvalue weighted by molar-refractivity contribution is 0.0606. The first-order valence-corrected chi connectivity index (χ1v) is 6.44. The van der Waals surface area contributed by atoms with Gasteiger partial charge in [0, 0.05) is 10.7 Å². The molecule has 1 rings (SSSR count). The van der Waals surface area contributed by atoms with E-state index in [-0.39, 0.29) is 0 Å². The number of carbonyl (C=O) groups excluding carboxylic acids is 1. The Bertz CT molecular complexity index is 359. The Balaban J connectivity index is 3.09. The molecule has 1 aromatic rings. The number of thiophene rings is 1. The van der Waals surface area contributed by atoms with Gasteiger partial charge in [-0.25, -0.2) is 4.79 Å². The third-order valence-electron chi connectivity index (χ3n) is 1.30. The average Bonchev–Trinajstić information content (AvgIpc) is 2.46. The minimum atomic E-state index is -1.07. The Morgan fingerprint density at radius 3 is 2.69 bits per heavy atom. The Labute approximate surface area is 90.7 Å². The van der Waals surface area contributed by atoms with Crippen LogP contribution in [0, 0.1) is 0 Å². The van der Waals surface area contributed by atoms with E-state index in [9.17, 15) is 9.00 Å². The number of hydrogen-bond donors (Lipinski definition) is 0. The van der Waals surface area contributed by atoms with Crippen LogP contribution in [0.25, 0.3) is 0 Å². The molecule has 0 radical (unpaired) electrons. The summed E-state index contributed by atoms with van der Waals surface area (Å²) in [5, 5.41) is 0. The van der Waals surface area contributed by atoms with E-state index in [2.05, 4.69) is 20.7 Å². The molecule has 3 nitrogen and oxygen atoms in total. The molecule has 1 unspecified atom stereocenters. The van der Waals surface area contributed by atoms with E-state index in [0.29, 0.717) is 13.6 Å². The van der Waals surface area contributed by atoms with Gasteiger partial charge in [0.05, 0.1) is 17.9 Å². The monoisotopic (exact) mass is 282 g/mol. The first-order valence-electron chi connectivity index (χ1n) is 3.27. The molecule has 13 heavy (non-hydrogen) atoms. The molecule has 6 heteroatoms. The fourth-order valence-corrected chi connectivity index (χ4v) is 3.83. The lowest BCUT2D eigenvalue weighted by Gasteiger charge is -1.91. The fraction of sp³-hybridized carbons (Fsp3) is 0.286. The molecule has 0 spiro atoms. The standard InChI is InChI=1S/C7H7BrO3S2/c1-11-6(9)5-3-4(8)7(12-5)13(2)10/h3H,1-2H3. The van der Waals surface area contributed by atoms with Gasteiger partial charge < -0.3 is 4.74 Å². The lowest BCUT2D eigenvalue weighted by Crippen LogP contribution is -1.96. The van der Waals surface area contributed by atoms with Crippen LogP contribution in [0.2, 0.25) is 0 Å². The Kier molecular flexibility index (Phi) is 3.63. The number of ether oxygens (including phenoxy) is 1. The van der Waals surface area contributed by atoms with Crippen molar-refractivity contribution >= 4 is 44.0 Å². The molecule has 0 N–H and O–H groups in total. The van der Waals surface area contributed by atoms with Crippen molar-refractivity contribution in [1.82, 2.24) is 0 Å². The number of methoxy groups -OCH3 is 1. The van der Waals surface area contributed by atoms with Crippen LogP contribution >= 0.6 is 27.3 Å². The van der Waals surface area contributed by atoms with Crippen molar-refractivity contribution < 1.29 is 13.7 Å². The minimum absolute atomic E-state index is 0.401. The van der Waals surface area contributed by atoms with Crippen LogP contribution in [0.4, 0.5) is 0 Å². The maximum absolute atomic E-state index is 11.1. The molecule has 0 aliphatic rings. The van der Waals surface area contributed by atoms with Crippen LogP contribution in [-0.4, -0.2) is 23.5 Å². The summed E-state index contributed by atoms with van der Waals surface area (Å²) in [5.74, 6) is -0.401. The lowest BCUT2D eigenvalue weighted by atomic mass is 10.5. The summed E-state index contributed by atoms with van der Waals surface area (Å²) in [7, 11) is 0.244. The van der Waals surface area contributed by atoms with Crippen molar-refractivity contribution in [3.8, 4) is 0 Å². The normalized spacial score (nSPS) is 12.5. The van der Waals surface area contributed by atoms with Crippen LogP contribution in [0.3, 0.4) is 0 Å². The average molecular weight is 283 g/mol. The van der Waals surface area contributed by atoms with Gasteiger partial charge in [-0.05, 0) is 22.0 Å². The molecule has 1 atom stereocenters. The second-order valence-corrected chi connectivity index (χ2v) is 5.67. The van der Waals surface area contributed by atoms with E-state index in [4.69, 9.17) is 0 Å². The first-order chi connectivity index (χ1) is 6.06. The quantitative estimate of drug-likeness (QED) is 0.780. The zero-order valence-electron chi connectivity index (χ0n) is 7.00. The van der Waals surface area contributed by atoms with Crippen molar-refractivity contribution in [2.75, 3.05) is 13.4 Å². The van der Waals surface area contributed by atoms with E-state index in [1.807, 2.05) is 0 Å². The van der Waals surface area contributed by atoms with Gasteiger partial charge in [0.1, 0.15) is 9.09 Å². The van der Waals surface area contributed by atoms with Gasteiger partial charge >= 0.3 is 5.97 Å². The highest BCUT2D eigenvalue weighted by Gasteiger charge is 2.15. The van der Waals surface area contributed by atoms with Crippen LogP contribution in [0.1, 0.15) is 9.67 Å². The Morgan fingerprint density at radius 1 is 1.69 bits per heavy atom. The van der Waals surface area contributed by atoms with Gasteiger partial charge in [-0.1, -0.05) is 0 Å². The van der Waals surface area contributed by atoms with Gasteiger partial charge in [0.2, 0.25) is 0 Å². The molecular formula is C7H7BrO3S2. The molecule has 0 bridgehead atoms. The third kappa shape index (κ3) is 2.38. The van der Waals surface area contributed by atoms with Crippen LogP contribution in [0.5, 0.6) is 0 Å². The molecule has 0 saturated heterocycles. The number of rotatable bonds is 2. The second-order valence-electron chi connectivity index (χ2n) is 2.19. The number of halogens is 1. The molecule has 0 amide bonds. The highest BCUT2D eigenvalue weighted by molar-refractivity contribution is 9.10. The molecule has 0 aromatic carbocycles. The highest BCUT2D eigenvalue weighted by Crippen LogP contribution is 2.30. The maximum atomic E-state index is 11.1. The third-order valence-corrected chi connectivity index (χ3v) is 5.06. The van der Waals surface area contributed by atoms with Gasteiger partial charge in [0.25, 0.3) is 0 Å². The summed E-state index contributed by atoms with van der Waals surface area (Å²) < 4.78 is 17.0. The molecule has 72 valence electrons. The van der Waals surface area contributed by atoms with E-state index < -0.39 is 16.8 Å². The van der Waals surface area contributed by atoms with Gasteiger partial charge in [0.15, 0.2) is 0 Å². The van der Waals surface area contributed by atoms with Crippen molar-refractivity contribution in [1.29, 1.82) is 0 Å². The summed E-state index contributed by atoms with van der Waals surface area (Å²) in [6.45, 7) is 0. The minimum Gasteiger partial charge on any atom is -0.465 e. The molecule has 0 aliphatic heterocycles. The smallest absolute Gasteiger partial charge is 0.348 e. The van der Waals surface area contributed by atoms with E-state index in [1.165, 1.54) is 18.4 Å². The van der Waals surface area contributed by atoms with Gasteiger partial charge in [-0.3, -0.25) is 4.21 Å². The van der Waals surface area contributed by atoms with Crippen molar-refractivity contribution in [2.24, 2.45) is 0 Å². The number of carbonyl (C=O) groups is 1. The Morgan fingerprint density at radius 2 is 2.31 bits per heavy atom. The molecule has 0 fully saturated rings. The van der Waals surface area contributed by atoms with Crippen LogP contribution in [-0.2, 0) is 15.5 Å². The van der Waals surface area contributed by atoms with E-state index >= 15 is 0 Å². The summed E-state index contributed by atoms with van der Waals surface area (Å²) in [4.78, 5) is 11.5. The fourth-order valence-electron chi connectivity index (χ4n) is 0.749. The van der Waals surface area contributed by atoms with Crippen LogP contribution in [0.15, 0.2) is 14.7 Å².